The number of carbonyl (C=O) groups is 1. The Morgan fingerprint density at radius 1 is 1.10 bits per heavy atom. The summed E-state index contributed by atoms with van der Waals surface area (Å²) < 4.78 is 15.0. The van der Waals surface area contributed by atoms with Crippen LogP contribution in [-0.4, -0.2) is 58.0 Å². The molecule has 0 atom stereocenters. The van der Waals surface area contributed by atoms with Gasteiger partial charge in [-0.1, -0.05) is 30.3 Å². The number of hydrogen-bond acceptors (Lipinski definition) is 5. The Bertz CT molecular complexity index is 369. The monoisotopic (exact) mass is 281 g/mol. The van der Waals surface area contributed by atoms with Crippen molar-refractivity contribution in [2.45, 2.75) is 6.54 Å². The molecule has 0 unspecified atom stereocenters. The molecule has 0 fully saturated rings. The second-order valence-electron chi connectivity index (χ2n) is 4.46. The molecule has 1 aromatic carbocycles. The van der Waals surface area contributed by atoms with Crippen molar-refractivity contribution in [3.8, 4) is 0 Å². The zero-order valence-corrected chi connectivity index (χ0v) is 12.2. The van der Waals surface area contributed by atoms with Gasteiger partial charge in [0.15, 0.2) is 0 Å². The largest absolute Gasteiger partial charge is 0.467 e. The summed E-state index contributed by atoms with van der Waals surface area (Å²) in [6.45, 7) is 3.27. The molecule has 0 bridgehead atoms. The van der Waals surface area contributed by atoms with Crippen LogP contribution in [0.3, 0.4) is 0 Å². The smallest absolute Gasteiger partial charge is 0.331 e. The SMILES string of the molecule is COC(=O)COCCOCCN(C)Cc1ccccc1. The molecule has 0 amide bonds. The molecule has 1 aromatic rings. The third kappa shape index (κ3) is 7.89. The highest BCUT2D eigenvalue weighted by Crippen LogP contribution is 2.01. The van der Waals surface area contributed by atoms with Gasteiger partial charge in [0.25, 0.3) is 0 Å². The second-order valence-corrected chi connectivity index (χ2v) is 4.46. The minimum Gasteiger partial charge on any atom is -0.467 e. The molecule has 0 aliphatic heterocycles. The van der Waals surface area contributed by atoms with Crippen LogP contribution in [0.5, 0.6) is 0 Å². The number of ether oxygens (including phenoxy) is 3. The van der Waals surface area contributed by atoms with Crippen molar-refractivity contribution in [3.05, 3.63) is 35.9 Å². The molecule has 0 saturated carbocycles. The molecule has 1 rings (SSSR count). The molecule has 112 valence electrons. The minimum absolute atomic E-state index is 0.0201. The van der Waals surface area contributed by atoms with Gasteiger partial charge in [-0.05, 0) is 12.6 Å². The Morgan fingerprint density at radius 3 is 2.50 bits per heavy atom. The van der Waals surface area contributed by atoms with Gasteiger partial charge in [0.2, 0.25) is 0 Å². The Morgan fingerprint density at radius 2 is 1.80 bits per heavy atom. The highest BCUT2D eigenvalue weighted by Gasteiger charge is 2.01. The van der Waals surface area contributed by atoms with Crippen LogP contribution in [0.1, 0.15) is 5.56 Å². The zero-order chi connectivity index (χ0) is 14.6. The molecular weight excluding hydrogens is 258 g/mol. The van der Waals surface area contributed by atoms with Crippen LogP contribution in [-0.2, 0) is 25.5 Å². The summed E-state index contributed by atoms with van der Waals surface area (Å²) in [5, 5.41) is 0. The van der Waals surface area contributed by atoms with E-state index in [0.717, 1.165) is 13.1 Å². The number of methoxy groups -OCH3 is 1. The van der Waals surface area contributed by atoms with Crippen molar-refractivity contribution in [1.82, 2.24) is 4.90 Å². The molecule has 0 aliphatic rings. The van der Waals surface area contributed by atoms with E-state index in [4.69, 9.17) is 9.47 Å². The first-order valence-corrected chi connectivity index (χ1v) is 6.67. The number of carbonyl (C=O) groups excluding carboxylic acids is 1. The summed E-state index contributed by atoms with van der Waals surface area (Å²) in [4.78, 5) is 13.0. The van der Waals surface area contributed by atoms with Gasteiger partial charge in [0.1, 0.15) is 6.61 Å². The van der Waals surface area contributed by atoms with Crippen molar-refractivity contribution in [3.63, 3.8) is 0 Å². The number of likely N-dealkylation sites (N-methyl/N-ethyl adjacent to an activating group) is 1. The van der Waals surface area contributed by atoms with Gasteiger partial charge in [0.05, 0.1) is 26.9 Å². The van der Waals surface area contributed by atoms with Gasteiger partial charge in [-0.15, -0.1) is 0 Å². The summed E-state index contributed by atoms with van der Waals surface area (Å²) in [5.41, 5.74) is 1.29. The first-order chi connectivity index (χ1) is 9.72. The standard InChI is InChI=1S/C15H23NO4/c1-16(12-14-6-4-3-5-7-14)8-9-19-10-11-20-13-15(17)18-2/h3-7H,8-13H2,1-2H3. The average Bonchev–Trinajstić information content (AvgIpc) is 2.47. The van der Waals surface area contributed by atoms with Gasteiger partial charge in [-0.2, -0.15) is 0 Å². The Labute approximate surface area is 120 Å². The van der Waals surface area contributed by atoms with Crippen LogP contribution in [0.15, 0.2) is 30.3 Å². The van der Waals surface area contributed by atoms with Gasteiger partial charge in [-0.3, -0.25) is 4.90 Å². The lowest BCUT2D eigenvalue weighted by molar-refractivity contribution is -0.146. The van der Waals surface area contributed by atoms with Crippen molar-refractivity contribution in [2.75, 3.05) is 47.1 Å². The third-order valence-electron chi connectivity index (χ3n) is 2.73. The van der Waals surface area contributed by atoms with Gasteiger partial charge >= 0.3 is 5.97 Å². The van der Waals surface area contributed by atoms with Crippen LogP contribution in [0.4, 0.5) is 0 Å². The van der Waals surface area contributed by atoms with E-state index >= 15 is 0 Å². The molecule has 0 heterocycles. The van der Waals surface area contributed by atoms with Gasteiger partial charge in [0, 0.05) is 13.1 Å². The molecular formula is C15H23NO4. The molecule has 0 saturated heterocycles. The lowest BCUT2D eigenvalue weighted by atomic mass is 10.2. The third-order valence-corrected chi connectivity index (χ3v) is 2.73. The van der Waals surface area contributed by atoms with E-state index < -0.39 is 0 Å². The highest BCUT2D eigenvalue weighted by atomic mass is 16.6. The number of esters is 1. The Balaban J connectivity index is 1.97. The fourth-order valence-corrected chi connectivity index (χ4v) is 1.63. The number of benzene rings is 1. The molecule has 0 aliphatic carbocycles. The summed E-state index contributed by atoms with van der Waals surface area (Å²) in [7, 11) is 3.40. The Kier molecular flexibility index (Phi) is 8.62. The summed E-state index contributed by atoms with van der Waals surface area (Å²) >= 11 is 0. The van der Waals surface area contributed by atoms with Crippen molar-refractivity contribution in [1.29, 1.82) is 0 Å². The van der Waals surface area contributed by atoms with E-state index in [2.05, 4.69) is 28.8 Å². The maximum atomic E-state index is 10.8. The number of nitrogens with zero attached hydrogens (tertiary/aromatic N) is 1. The van der Waals surface area contributed by atoms with E-state index in [0.29, 0.717) is 19.8 Å². The maximum absolute atomic E-state index is 10.8. The summed E-state index contributed by atoms with van der Waals surface area (Å²) in [6, 6.07) is 10.3. The van der Waals surface area contributed by atoms with Crippen molar-refractivity contribution in [2.24, 2.45) is 0 Å². The molecule has 5 heteroatoms. The van der Waals surface area contributed by atoms with Crippen LogP contribution >= 0.6 is 0 Å². The summed E-state index contributed by atoms with van der Waals surface area (Å²) in [5.74, 6) is -0.368. The highest BCUT2D eigenvalue weighted by molar-refractivity contribution is 5.70. The predicted molar refractivity (Wildman–Crippen MR) is 76.4 cm³/mol. The summed E-state index contributed by atoms with van der Waals surface area (Å²) in [6.07, 6.45) is 0. The van der Waals surface area contributed by atoms with E-state index in [-0.39, 0.29) is 12.6 Å². The molecule has 0 radical (unpaired) electrons. The lowest BCUT2D eigenvalue weighted by Gasteiger charge is -2.16. The quantitative estimate of drug-likeness (QED) is 0.478. The van der Waals surface area contributed by atoms with Gasteiger partial charge in [-0.25, -0.2) is 4.79 Å². The lowest BCUT2D eigenvalue weighted by Crippen LogP contribution is -2.23. The van der Waals surface area contributed by atoms with Crippen LogP contribution in [0, 0.1) is 0 Å². The zero-order valence-electron chi connectivity index (χ0n) is 12.2. The predicted octanol–water partition coefficient (Wildman–Crippen LogP) is 1.32. The van der Waals surface area contributed by atoms with Crippen LogP contribution in [0.25, 0.3) is 0 Å². The van der Waals surface area contributed by atoms with E-state index in [1.165, 1.54) is 12.7 Å². The van der Waals surface area contributed by atoms with Gasteiger partial charge < -0.3 is 14.2 Å². The molecule has 0 spiro atoms. The number of hydrogen-bond donors (Lipinski definition) is 0. The normalized spacial score (nSPS) is 10.8. The van der Waals surface area contributed by atoms with E-state index in [9.17, 15) is 4.79 Å². The fourth-order valence-electron chi connectivity index (χ4n) is 1.63. The molecule has 0 N–H and O–H groups in total. The average molecular weight is 281 g/mol. The molecule has 5 nitrogen and oxygen atoms in total. The fraction of sp³-hybridized carbons (Fsp3) is 0.533. The molecule has 20 heavy (non-hydrogen) atoms. The Hall–Kier alpha value is -1.43. The first kappa shape index (κ1) is 16.6. The second kappa shape index (κ2) is 10.4. The van der Waals surface area contributed by atoms with E-state index in [1.807, 2.05) is 18.2 Å². The topological polar surface area (TPSA) is 48.0 Å². The minimum atomic E-state index is -0.368. The van der Waals surface area contributed by atoms with Crippen molar-refractivity contribution >= 4 is 5.97 Å². The number of rotatable bonds is 10. The van der Waals surface area contributed by atoms with Crippen molar-refractivity contribution < 1.29 is 19.0 Å². The first-order valence-electron chi connectivity index (χ1n) is 6.67. The van der Waals surface area contributed by atoms with Crippen LogP contribution in [0.2, 0.25) is 0 Å². The van der Waals surface area contributed by atoms with E-state index in [1.54, 1.807) is 0 Å². The van der Waals surface area contributed by atoms with Crippen LogP contribution < -0.4 is 0 Å². The maximum Gasteiger partial charge on any atom is 0.331 e. The molecule has 0 aromatic heterocycles.